The maximum Gasteiger partial charge on any atom is 0.410 e. The standard InChI is InChI=1S/C18H30N2O6/c1-13(2)12-26-17(22)15-7-5-8-19(15)16(21)14-6-4-9-20(14)18(23)25-11-10-24-3/h13-15H,4-12H2,1-3H3. The number of esters is 1. The first-order chi connectivity index (χ1) is 12.5. The summed E-state index contributed by atoms with van der Waals surface area (Å²) in [5, 5.41) is 0. The molecule has 2 heterocycles. The van der Waals surface area contributed by atoms with Crippen LogP contribution in [0.25, 0.3) is 0 Å². The minimum absolute atomic E-state index is 0.153. The lowest BCUT2D eigenvalue weighted by Crippen LogP contribution is -2.51. The maximum atomic E-state index is 13.0. The molecule has 2 aliphatic heterocycles. The van der Waals surface area contributed by atoms with Crippen molar-refractivity contribution in [1.82, 2.24) is 9.80 Å². The normalized spacial score (nSPS) is 22.8. The summed E-state index contributed by atoms with van der Waals surface area (Å²) in [4.78, 5) is 40.6. The van der Waals surface area contributed by atoms with E-state index in [1.807, 2.05) is 13.8 Å². The molecule has 0 aromatic heterocycles. The van der Waals surface area contributed by atoms with E-state index in [1.54, 1.807) is 4.90 Å². The van der Waals surface area contributed by atoms with Crippen LogP contribution >= 0.6 is 0 Å². The Bertz CT molecular complexity index is 510. The number of hydrogen-bond donors (Lipinski definition) is 0. The smallest absolute Gasteiger partial charge is 0.410 e. The summed E-state index contributed by atoms with van der Waals surface area (Å²) in [6.07, 6.45) is 2.19. The van der Waals surface area contributed by atoms with E-state index in [4.69, 9.17) is 14.2 Å². The van der Waals surface area contributed by atoms with Crippen LogP contribution in [0.3, 0.4) is 0 Å². The Hall–Kier alpha value is -1.83. The highest BCUT2D eigenvalue weighted by Crippen LogP contribution is 2.26. The first-order valence-electron chi connectivity index (χ1n) is 9.35. The van der Waals surface area contributed by atoms with Gasteiger partial charge in [-0.25, -0.2) is 9.59 Å². The number of carbonyl (C=O) groups excluding carboxylic acids is 3. The van der Waals surface area contributed by atoms with Crippen LogP contribution in [0.1, 0.15) is 39.5 Å². The fraction of sp³-hybridized carbons (Fsp3) is 0.833. The molecule has 2 amide bonds. The summed E-state index contributed by atoms with van der Waals surface area (Å²) in [5.41, 5.74) is 0. The van der Waals surface area contributed by atoms with Gasteiger partial charge in [-0.1, -0.05) is 13.8 Å². The fourth-order valence-electron chi connectivity index (χ4n) is 3.35. The summed E-state index contributed by atoms with van der Waals surface area (Å²) >= 11 is 0. The lowest BCUT2D eigenvalue weighted by atomic mass is 10.1. The summed E-state index contributed by atoms with van der Waals surface area (Å²) in [6, 6.07) is -1.11. The van der Waals surface area contributed by atoms with Crippen molar-refractivity contribution in [2.75, 3.05) is 40.0 Å². The Morgan fingerprint density at radius 2 is 1.62 bits per heavy atom. The number of ether oxygens (including phenoxy) is 3. The van der Waals surface area contributed by atoms with Crippen molar-refractivity contribution in [1.29, 1.82) is 0 Å². The molecule has 26 heavy (non-hydrogen) atoms. The molecule has 2 aliphatic rings. The van der Waals surface area contributed by atoms with Crippen LogP contribution in [-0.4, -0.2) is 79.9 Å². The molecule has 0 bridgehead atoms. The lowest BCUT2D eigenvalue weighted by molar-refractivity contribution is -0.155. The molecule has 8 heteroatoms. The first kappa shape index (κ1) is 20.5. The third-order valence-corrected chi connectivity index (χ3v) is 4.65. The van der Waals surface area contributed by atoms with E-state index in [1.165, 1.54) is 12.0 Å². The molecule has 0 radical (unpaired) electrons. The minimum Gasteiger partial charge on any atom is -0.464 e. The number of nitrogens with zero attached hydrogens (tertiary/aromatic N) is 2. The average Bonchev–Trinajstić information content (AvgIpc) is 3.28. The predicted molar refractivity (Wildman–Crippen MR) is 93.5 cm³/mol. The zero-order valence-corrected chi connectivity index (χ0v) is 15.9. The van der Waals surface area contributed by atoms with E-state index in [0.29, 0.717) is 39.1 Å². The molecule has 2 unspecified atom stereocenters. The predicted octanol–water partition coefficient (Wildman–Crippen LogP) is 1.42. The van der Waals surface area contributed by atoms with Gasteiger partial charge in [-0.05, 0) is 31.6 Å². The molecule has 8 nitrogen and oxygen atoms in total. The van der Waals surface area contributed by atoms with Gasteiger partial charge < -0.3 is 19.1 Å². The van der Waals surface area contributed by atoms with Crippen LogP contribution in [0, 0.1) is 5.92 Å². The number of likely N-dealkylation sites (tertiary alicyclic amines) is 2. The van der Waals surface area contributed by atoms with Gasteiger partial charge in [-0.3, -0.25) is 9.69 Å². The zero-order chi connectivity index (χ0) is 19.1. The second kappa shape index (κ2) is 9.75. The largest absolute Gasteiger partial charge is 0.464 e. The number of amides is 2. The molecule has 0 N–H and O–H groups in total. The lowest BCUT2D eigenvalue weighted by Gasteiger charge is -2.30. The van der Waals surface area contributed by atoms with Gasteiger partial charge in [-0.15, -0.1) is 0 Å². The van der Waals surface area contributed by atoms with Crippen LogP contribution in [-0.2, 0) is 23.8 Å². The minimum atomic E-state index is -0.566. The molecule has 2 fully saturated rings. The van der Waals surface area contributed by atoms with Crippen molar-refractivity contribution in [3.8, 4) is 0 Å². The third kappa shape index (κ3) is 5.09. The third-order valence-electron chi connectivity index (χ3n) is 4.65. The topological polar surface area (TPSA) is 85.4 Å². The summed E-state index contributed by atoms with van der Waals surface area (Å²) < 4.78 is 15.3. The quantitative estimate of drug-likeness (QED) is 0.498. The Morgan fingerprint density at radius 3 is 2.27 bits per heavy atom. The van der Waals surface area contributed by atoms with Gasteiger partial charge >= 0.3 is 12.1 Å². The summed E-state index contributed by atoms with van der Waals surface area (Å²) in [5.74, 6) is -0.288. The molecule has 148 valence electrons. The summed E-state index contributed by atoms with van der Waals surface area (Å²) in [7, 11) is 1.53. The van der Waals surface area contributed by atoms with Crippen LogP contribution < -0.4 is 0 Å². The van der Waals surface area contributed by atoms with Crippen LogP contribution in [0.2, 0.25) is 0 Å². The van der Waals surface area contributed by atoms with Gasteiger partial charge in [0.2, 0.25) is 5.91 Å². The Balaban J connectivity index is 1.97. The van der Waals surface area contributed by atoms with Crippen molar-refractivity contribution in [3.05, 3.63) is 0 Å². The Kier molecular flexibility index (Phi) is 7.68. The zero-order valence-electron chi connectivity index (χ0n) is 15.9. The Morgan fingerprint density at radius 1 is 0.962 bits per heavy atom. The van der Waals surface area contributed by atoms with Gasteiger partial charge in [0.15, 0.2) is 0 Å². The molecule has 0 aliphatic carbocycles. The van der Waals surface area contributed by atoms with Crippen molar-refractivity contribution < 1.29 is 28.6 Å². The van der Waals surface area contributed by atoms with E-state index in [9.17, 15) is 14.4 Å². The number of carbonyl (C=O) groups is 3. The number of hydrogen-bond acceptors (Lipinski definition) is 6. The molecule has 0 aromatic rings. The van der Waals surface area contributed by atoms with Crippen LogP contribution in [0.5, 0.6) is 0 Å². The van der Waals surface area contributed by atoms with Crippen molar-refractivity contribution in [2.24, 2.45) is 5.92 Å². The first-order valence-corrected chi connectivity index (χ1v) is 9.35. The van der Waals surface area contributed by atoms with Gasteiger partial charge in [0.05, 0.1) is 13.2 Å². The second-order valence-electron chi connectivity index (χ2n) is 7.17. The van der Waals surface area contributed by atoms with Crippen molar-refractivity contribution >= 4 is 18.0 Å². The highest BCUT2D eigenvalue weighted by molar-refractivity contribution is 5.90. The van der Waals surface area contributed by atoms with Gasteiger partial charge in [0, 0.05) is 20.2 Å². The fourth-order valence-corrected chi connectivity index (χ4v) is 3.35. The average molecular weight is 370 g/mol. The molecule has 0 saturated carbocycles. The molecule has 0 aromatic carbocycles. The Labute approximate surface area is 154 Å². The highest BCUT2D eigenvalue weighted by Gasteiger charge is 2.43. The van der Waals surface area contributed by atoms with E-state index in [0.717, 1.165) is 12.8 Å². The second-order valence-corrected chi connectivity index (χ2v) is 7.17. The SMILES string of the molecule is COCCOC(=O)N1CCCC1C(=O)N1CCCC1C(=O)OCC(C)C. The van der Waals surface area contributed by atoms with Gasteiger partial charge in [0.25, 0.3) is 0 Å². The van der Waals surface area contributed by atoms with E-state index in [2.05, 4.69) is 0 Å². The molecule has 2 rings (SSSR count). The monoisotopic (exact) mass is 370 g/mol. The summed E-state index contributed by atoms with van der Waals surface area (Å²) in [6.45, 7) is 5.75. The van der Waals surface area contributed by atoms with Crippen molar-refractivity contribution in [2.45, 2.75) is 51.6 Å². The molecule has 2 saturated heterocycles. The van der Waals surface area contributed by atoms with E-state index < -0.39 is 18.2 Å². The van der Waals surface area contributed by atoms with Crippen LogP contribution in [0.4, 0.5) is 4.79 Å². The van der Waals surface area contributed by atoms with Gasteiger partial charge in [-0.2, -0.15) is 0 Å². The molecular weight excluding hydrogens is 340 g/mol. The highest BCUT2D eigenvalue weighted by atomic mass is 16.6. The molecule has 0 spiro atoms. The van der Waals surface area contributed by atoms with Crippen LogP contribution in [0.15, 0.2) is 0 Å². The van der Waals surface area contributed by atoms with Gasteiger partial charge in [0.1, 0.15) is 18.7 Å². The van der Waals surface area contributed by atoms with Crippen molar-refractivity contribution in [3.63, 3.8) is 0 Å². The molecular formula is C18H30N2O6. The van der Waals surface area contributed by atoms with E-state index in [-0.39, 0.29) is 24.4 Å². The molecule has 2 atom stereocenters. The van der Waals surface area contributed by atoms with E-state index >= 15 is 0 Å². The maximum absolute atomic E-state index is 13.0. The number of methoxy groups -OCH3 is 1. The number of rotatable bonds is 7.